The van der Waals surface area contributed by atoms with E-state index in [1.54, 1.807) is 14.1 Å². The summed E-state index contributed by atoms with van der Waals surface area (Å²) < 4.78 is 5.19. The summed E-state index contributed by atoms with van der Waals surface area (Å²) in [6, 6.07) is -0.00693. The van der Waals surface area contributed by atoms with Gasteiger partial charge < -0.3 is 9.64 Å². The second kappa shape index (κ2) is 5.68. The van der Waals surface area contributed by atoms with Crippen LogP contribution >= 0.6 is 0 Å². The van der Waals surface area contributed by atoms with Gasteiger partial charge >= 0.3 is 6.09 Å². The van der Waals surface area contributed by atoms with Crippen molar-refractivity contribution in [1.82, 2.24) is 4.90 Å². The third-order valence-corrected chi connectivity index (χ3v) is 1.56. The van der Waals surface area contributed by atoms with Crippen molar-refractivity contribution in [1.29, 1.82) is 0 Å². The number of rotatable bonds is 3. The Morgan fingerprint density at radius 1 is 1.47 bits per heavy atom. The SMILES string of the molecule is CN=NC(C)CN(C)C(=O)OC(C)(C)C. The van der Waals surface area contributed by atoms with Crippen LogP contribution in [0.2, 0.25) is 0 Å². The minimum absolute atomic E-state index is 0.00693. The summed E-state index contributed by atoms with van der Waals surface area (Å²) >= 11 is 0. The Bertz CT molecular complexity index is 233. The number of carbonyl (C=O) groups excluding carboxylic acids is 1. The third kappa shape index (κ3) is 6.88. The highest BCUT2D eigenvalue weighted by molar-refractivity contribution is 5.67. The molecule has 15 heavy (non-hydrogen) atoms. The molecule has 0 bridgehead atoms. The molecule has 0 radical (unpaired) electrons. The molecule has 0 rings (SSSR count). The third-order valence-electron chi connectivity index (χ3n) is 1.56. The first-order valence-corrected chi connectivity index (χ1v) is 4.99. The molecule has 0 spiro atoms. The summed E-state index contributed by atoms with van der Waals surface area (Å²) in [6.45, 7) is 7.93. The minimum Gasteiger partial charge on any atom is -0.444 e. The number of azo groups is 1. The molecule has 1 amide bonds. The lowest BCUT2D eigenvalue weighted by Crippen LogP contribution is -2.37. The van der Waals surface area contributed by atoms with Crippen molar-refractivity contribution >= 4 is 6.09 Å². The van der Waals surface area contributed by atoms with E-state index in [-0.39, 0.29) is 12.1 Å². The maximum absolute atomic E-state index is 11.5. The van der Waals surface area contributed by atoms with E-state index >= 15 is 0 Å². The van der Waals surface area contributed by atoms with Crippen LogP contribution in [0.1, 0.15) is 27.7 Å². The van der Waals surface area contributed by atoms with E-state index in [2.05, 4.69) is 10.2 Å². The van der Waals surface area contributed by atoms with Crippen LogP contribution in [-0.2, 0) is 4.74 Å². The largest absolute Gasteiger partial charge is 0.444 e. The standard InChI is InChI=1S/C10H21N3O2/c1-8(12-11-5)7-13(6)9(14)15-10(2,3)4/h8H,7H2,1-6H3. The molecule has 5 nitrogen and oxygen atoms in total. The van der Waals surface area contributed by atoms with Crippen LogP contribution in [0.5, 0.6) is 0 Å². The van der Waals surface area contributed by atoms with E-state index < -0.39 is 5.60 Å². The van der Waals surface area contributed by atoms with E-state index in [1.165, 1.54) is 4.90 Å². The lowest BCUT2D eigenvalue weighted by Gasteiger charge is -2.25. The second-order valence-electron chi connectivity index (χ2n) is 4.53. The number of likely N-dealkylation sites (N-methyl/N-ethyl adjacent to an activating group) is 1. The van der Waals surface area contributed by atoms with Crippen LogP contribution in [0, 0.1) is 0 Å². The molecular weight excluding hydrogens is 194 g/mol. The van der Waals surface area contributed by atoms with Crippen molar-refractivity contribution in [2.75, 3.05) is 20.6 Å². The smallest absolute Gasteiger partial charge is 0.410 e. The molecule has 0 aromatic rings. The Labute approximate surface area is 91.5 Å². The number of amides is 1. The molecular formula is C10H21N3O2. The monoisotopic (exact) mass is 215 g/mol. The van der Waals surface area contributed by atoms with Crippen molar-refractivity contribution in [3.63, 3.8) is 0 Å². The van der Waals surface area contributed by atoms with E-state index in [0.29, 0.717) is 6.54 Å². The molecule has 1 unspecified atom stereocenters. The predicted octanol–water partition coefficient (Wildman–Crippen LogP) is 2.32. The molecule has 0 aliphatic heterocycles. The lowest BCUT2D eigenvalue weighted by atomic mass is 10.2. The highest BCUT2D eigenvalue weighted by Crippen LogP contribution is 2.09. The molecule has 5 heteroatoms. The van der Waals surface area contributed by atoms with E-state index in [0.717, 1.165) is 0 Å². The van der Waals surface area contributed by atoms with Crippen molar-refractivity contribution in [2.45, 2.75) is 39.3 Å². The van der Waals surface area contributed by atoms with E-state index in [1.807, 2.05) is 27.7 Å². The Morgan fingerprint density at radius 2 is 2.00 bits per heavy atom. The van der Waals surface area contributed by atoms with Crippen molar-refractivity contribution < 1.29 is 9.53 Å². The molecule has 0 N–H and O–H groups in total. The van der Waals surface area contributed by atoms with E-state index in [4.69, 9.17) is 4.74 Å². The quantitative estimate of drug-likeness (QED) is 0.678. The molecule has 1 atom stereocenters. The Kier molecular flexibility index (Phi) is 5.25. The minimum atomic E-state index is -0.457. The fraction of sp³-hybridized carbons (Fsp3) is 0.900. The van der Waals surface area contributed by atoms with Gasteiger partial charge in [0.2, 0.25) is 0 Å². The summed E-state index contributed by atoms with van der Waals surface area (Å²) in [5, 5.41) is 7.59. The van der Waals surface area contributed by atoms with Crippen LogP contribution < -0.4 is 0 Å². The highest BCUT2D eigenvalue weighted by Gasteiger charge is 2.20. The first-order valence-electron chi connectivity index (χ1n) is 4.99. The summed E-state index contributed by atoms with van der Waals surface area (Å²) in [6.07, 6.45) is -0.333. The normalized spacial score (nSPS) is 14.0. The van der Waals surface area contributed by atoms with Gasteiger partial charge in [-0.05, 0) is 27.7 Å². The fourth-order valence-electron chi connectivity index (χ4n) is 1.04. The van der Waals surface area contributed by atoms with Crippen LogP contribution in [0.3, 0.4) is 0 Å². The first kappa shape index (κ1) is 13.9. The molecule has 0 saturated heterocycles. The van der Waals surface area contributed by atoms with Gasteiger partial charge in [0.1, 0.15) is 5.60 Å². The van der Waals surface area contributed by atoms with Gasteiger partial charge in [0.15, 0.2) is 0 Å². The van der Waals surface area contributed by atoms with Gasteiger partial charge in [0, 0.05) is 20.6 Å². The number of nitrogens with zero attached hydrogens (tertiary/aromatic N) is 3. The zero-order chi connectivity index (χ0) is 12.1. The summed E-state index contributed by atoms with van der Waals surface area (Å²) in [5.41, 5.74) is -0.457. The average Bonchev–Trinajstić information content (AvgIpc) is 2.00. The Hall–Kier alpha value is -1.13. The average molecular weight is 215 g/mol. The molecule has 0 aromatic heterocycles. The van der Waals surface area contributed by atoms with Gasteiger partial charge in [-0.3, -0.25) is 0 Å². The van der Waals surface area contributed by atoms with Gasteiger partial charge in [0.25, 0.3) is 0 Å². The van der Waals surface area contributed by atoms with Crippen molar-refractivity contribution in [3.05, 3.63) is 0 Å². The van der Waals surface area contributed by atoms with Gasteiger partial charge in [-0.2, -0.15) is 10.2 Å². The zero-order valence-electron chi connectivity index (χ0n) is 10.4. The highest BCUT2D eigenvalue weighted by atomic mass is 16.6. The maximum Gasteiger partial charge on any atom is 0.410 e. The fourth-order valence-corrected chi connectivity index (χ4v) is 1.04. The number of carbonyl (C=O) groups is 1. The Balaban J connectivity index is 4.10. The van der Waals surface area contributed by atoms with Gasteiger partial charge in [-0.15, -0.1) is 0 Å². The van der Waals surface area contributed by atoms with Crippen molar-refractivity contribution in [3.8, 4) is 0 Å². The first-order chi connectivity index (χ1) is 6.76. The zero-order valence-corrected chi connectivity index (χ0v) is 10.4. The summed E-state index contributed by atoms with van der Waals surface area (Å²) in [5.74, 6) is 0. The van der Waals surface area contributed by atoms with Crippen LogP contribution in [0.25, 0.3) is 0 Å². The van der Waals surface area contributed by atoms with Crippen LogP contribution in [0.4, 0.5) is 4.79 Å². The molecule has 0 saturated carbocycles. The van der Waals surface area contributed by atoms with Gasteiger partial charge in [0.05, 0.1) is 6.04 Å². The molecule has 0 aromatic carbocycles. The maximum atomic E-state index is 11.5. The second-order valence-corrected chi connectivity index (χ2v) is 4.53. The number of hydrogen-bond acceptors (Lipinski definition) is 4. The van der Waals surface area contributed by atoms with Gasteiger partial charge in [-0.1, -0.05) is 0 Å². The molecule has 88 valence electrons. The topological polar surface area (TPSA) is 54.3 Å². The molecule has 0 aliphatic rings. The molecule has 0 fully saturated rings. The molecule has 0 aliphatic carbocycles. The van der Waals surface area contributed by atoms with Gasteiger partial charge in [-0.25, -0.2) is 4.79 Å². The number of ether oxygens (including phenoxy) is 1. The molecule has 0 heterocycles. The lowest BCUT2D eigenvalue weighted by molar-refractivity contribution is 0.0291. The predicted molar refractivity (Wildman–Crippen MR) is 59.1 cm³/mol. The van der Waals surface area contributed by atoms with Crippen LogP contribution in [-0.4, -0.2) is 43.3 Å². The summed E-state index contributed by atoms with van der Waals surface area (Å²) in [4.78, 5) is 13.0. The van der Waals surface area contributed by atoms with Crippen molar-refractivity contribution in [2.24, 2.45) is 10.2 Å². The van der Waals surface area contributed by atoms with E-state index in [9.17, 15) is 4.79 Å². The summed E-state index contributed by atoms with van der Waals surface area (Å²) in [7, 11) is 3.31. The Morgan fingerprint density at radius 3 is 2.40 bits per heavy atom. The van der Waals surface area contributed by atoms with Crippen LogP contribution in [0.15, 0.2) is 10.2 Å². The number of hydrogen-bond donors (Lipinski definition) is 0.